The van der Waals surface area contributed by atoms with Gasteiger partial charge in [-0.05, 0) is 55.3 Å². The molecule has 8 nitrogen and oxygen atoms in total. The fourth-order valence-corrected chi connectivity index (χ4v) is 5.21. The van der Waals surface area contributed by atoms with Gasteiger partial charge in [-0.25, -0.2) is 8.42 Å². The first-order chi connectivity index (χ1) is 16.7. The van der Waals surface area contributed by atoms with Gasteiger partial charge in [0.15, 0.2) is 11.5 Å². The maximum atomic E-state index is 13.6. The van der Waals surface area contributed by atoms with Crippen molar-refractivity contribution in [1.82, 2.24) is 5.32 Å². The fourth-order valence-electron chi connectivity index (χ4n) is 3.71. The van der Waals surface area contributed by atoms with E-state index in [4.69, 9.17) is 14.2 Å². The summed E-state index contributed by atoms with van der Waals surface area (Å²) >= 11 is 0. The first kappa shape index (κ1) is 25.9. The van der Waals surface area contributed by atoms with E-state index in [2.05, 4.69) is 5.32 Å². The lowest BCUT2D eigenvalue weighted by Gasteiger charge is -2.26. The summed E-state index contributed by atoms with van der Waals surface area (Å²) in [5.74, 6) is 0.859. The first-order valence-corrected chi connectivity index (χ1v) is 12.4. The van der Waals surface area contributed by atoms with Crippen molar-refractivity contribution in [3.8, 4) is 17.2 Å². The number of carbonyl (C=O) groups is 1. The number of rotatable bonds is 10. The molecule has 1 amide bonds. The Kier molecular flexibility index (Phi) is 8.24. The van der Waals surface area contributed by atoms with E-state index in [1.165, 1.54) is 33.5 Å². The smallest absolute Gasteiger partial charge is 0.264 e. The number of ether oxygens (including phenoxy) is 3. The van der Waals surface area contributed by atoms with E-state index in [0.717, 1.165) is 15.4 Å². The number of aryl methyl sites for hydroxylation is 1. The summed E-state index contributed by atoms with van der Waals surface area (Å²) in [6.45, 7) is 3.45. The molecular weight excluding hydrogens is 468 g/mol. The standard InChI is InChI=1S/C26H30N2O6S/c1-18-10-9-13-22(19(18)2)28(35(30,31)21-11-7-6-8-12-21)17-24(29)27-16-20-14-15-23(32-3)26(34-5)25(20)33-4/h6-15H,16-17H2,1-5H3,(H,27,29). The van der Waals surface area contributed by atoms with Gasteiger partial charge < -0.3 is 19.5 Å². The van der Waals surface area contributed by atoms with Crippen LogP contribution in [-0.4, -0.2) is 42.2 Å². The highest BCUT2D eigenvalue weighted by molar-refractivity contribution is 7.92. The molecule has 9 heteroatoms. The van der Waals surface area contributed by atoms with Crippen LogP contribution >= 0.6 is 0 Å². The second kappa shape index (κ2) is 11.1. The summed E-state index contributed by atoms with van der Waals surface area (Å²) in [7, 11) is 0.526. The van der Waals surface area contributed by atoms with Gasteiger partial charge in [0.05, 0.1) is 31.9 Å². The fraction of sp³-hybridized carbons (Fsp3) is 0.269. The van der Waals surface area contributed by atoms with Gasteiger partial charge in [-0.3, -0.25) is 9.10 Å². The Labute approximate surface area is 206 Å². The van der Waals surface area contributed by atoms with Gasteiger partial charge in [-0.1, -0.05) is 30.3 Å². The normalized spacial score (nSPS) is 11.0. The molecule has 3 aromatic carbocycles. The van der Waals surface area contributed by atoms with Crippen LogP contribution in [0.4, 0.5) is 5.69 Å². The zero-order valence-corrected chi connectivity index (χ0v) is 21.3. The Morgan fingerprint density at radius 2 is 1.54 bits per heavy atom. The summed E-state index contributed by atoms with van der Waals surface area (Å²) in [6, 6.07) is 16.9. The topological polar surface area (TPSA) is 94.2 Å². The van der Waals surface area contributed by atoms with Crippen molar-refractivity contribution in [2.24, 2.45) is 0 Å². The minimum Gasteiger partial charge on any atom is -0.493 e. The van der Waals surface area contributed by atoms with Crippen molar-refractivity contribution in [1.29, 1.82) is 0 Å². The molecule has 0 radical (unpaired) electrons. The lowest BCUT2D eigenvalue weighted by molar-refractivity contribution is -0.119. The van der Waals surface area contributed by atoms with Crippen molar-refractivity contribution < 1.29 is 27.4 Å². The van der Waals surface area contributed by atoms with Crippen molar-refractivity contribution in [2.75, 3.05) is 32.2 Å². The van der Waals surface area contributed by atoms with Crippen LogP contribution < -0.4 is 23.8 Å². The molecule has 35 heavy (non-hydrogen) atoms. The van der Waals surface area contributed by atoms with Crippen LogP contribution in [0.3, 0.4) is 0 Å². The molecule has 0 aliphatic rings. The molecule has 0 aliphatic carbocycles. The molecule has 0 spiro atoms. The lowest BCUT2D eigenvalue weighted by Crippen LogP contribution is -2.41. The molecule has 0 fully saturated rings. The van der Waals surface area contributed by atoms with Crippen LogP contribution in [0.25, 0.3) is 0 Å². The SMILES string of the molecule is COc1ccc(CNC(=O)CN(c2cccc(C)c2C)S(=O)(=O)c2ccccc2)c(OC)c1OC. The van der Waals surface area contributed by atoms with Crippen LogP contribution in [-0.2, 0) is 21.4 Å². The van der Waals surface area contributed by atoms with E-state index in [1.54, 1.807) is 42.5 Å². The number of methoxy groups -OCH3 is 3. The van der Waals surface area contributed by atoms with Crippen molar-refractivity contribution in [3.63, 3.8) is 0 Å². The predicted octanol–water partition coefficient (Wildman–Crippen LogP) is 3.84. The Hall–Kier alpha value is -3.72. The number of benzene rings is 3. The molecule has 186 valence electrons. The Bertz CT molecular complexity index is 1290. The van der Waals surface area contributed by atoms with Crippen LogP contribution in [0, 0.1) is 13.8 Å². The number of hydrogen-bond donors (Lipinski definition) is 1. The molecule has 0 saturated carbocycles. The van der Waals surface area contributed by atoms with Gasteiger partial charge in [0.25, 0.3) is 10.0 Å². The second-order valence-electron chi connectivity index (χ2n) is 7.81. The van der Waals surface area contributed by atoms with Gasteiger partial charge in [0.2, 0.25) is 11.7 Å². The van der Waals surface area contributed by atoms with Crippen molar-refractivity contribution in [3.05, 3.63) is 77.4 Å². The Balaban J connectivity index is 1.91. The molecule has 0 aliphatic heterocycles. The minimum atomic E-state index is -3.99. The highest BCUT2D eigenvalue weighted by Crippen LogP contribution is 2.39. The average molecular weight is 499 g/mol. The number of carbonyl (C=O) groups excluding carboxylic acids is 1. The number of nitrogens with zero attached hydrogens (tertiary/aromatic N) is 1. The van der Waals surface area contributed by atoms with Gasteiger partial charge in [0, 0.05) is 12.1 Å². The Morgan fingerprint density at radius 1 is 0.857 bits per heavy atom. The van der Waals surface area contributed by atoms with Crippen molar-refractivity contribution in [2.45, 2.75) is 25.3 Å². The van der Waals surface area contributed by atoms with Crippen LogP contribution in [0.15, 0.2) is 65.6 Å². The highest BCUT2D eigenvalue weighted by atomic mass is 32.2. The largest absolute Gasteiger partial charge is 0.493 e. The zero-order valence-electron chi connectivity index (χ0n) is 20.5. The maximum Gasteiger partial charge on any atom is 0.264 e. The van der Waals surface area contributed by atoms with E-state index in [-0.39, 0.29) is 11.4 Å². The third-order valence-corrected chi connectivity index (χ3v) is 7.50. The zero-order chi connectivity index (χ0) is 25.6. The number of nitrogens with one attached hydrogen (secondary N) is 1. The monoisotopic (exact) mass is 498 g/mol. The number of hydrogen-bond acceptors (Lipinski definition) is 6. The summed E-state index contributed by atoms with van der Waals surface area (Å²) in [4.78, 5) is 13.1. The first-order valence-electron chi connectivity index (χ1n) is 10.9. The van der Waals surface area contributed by atoms with E-state index in [0.29, 0.717) is 28.5 Å². The summed E-state index contributed by atoms with van der Waals surface area (Å²) < 4.78 is 44.4. The van der Waals surface area contributed by atoms with E-state index >= 15 is 0 Å². The summed E-state index contributed by atoms with van der Waals surface area (Å²) in [6.07, 6.45) is 0. The van der Waals surface area contributed by atoms with Crippen LogP contribution in [0.5, 0.6) is 17.2 Å². The molecule has 3 aromatic rings. The molecule has 1 N–H and O–H groups in total. The molecule has 0 atom stereocenters. The second-order valence-corrected chi connectivity index (χ2v) is 9.68. The van der Waals surface area contributed by atoms with E-state index in [1.807, 2.05) is 19.9 Å². The number of anilines is 1. The maximum absolute atomic E-state index is 13.6. The Morgan fingerprint density at radius 3 is 2.17 bits per heavy atom. The molecule has 0 heterocycles. The third-order valence-electron chi connectivity index (χ3n) is 5.72. The molecule has 3 rings (SSSR count). The molecule has 0 aromatic heterocycles. The van der Waals surface area contributed by atoms with Crippen LogP contribution in [0.1, 0.15) is 16.7 Å². The van der Waals surface area contributed by atoms with Gasteiger partial charge in [-0.2, -0.15) is 0 Å². The van der Waals surface area contributed by atoms with E-state index < -0.39 is 22.5 Å². The molecule has 0 bridgehead atoms. The third kappa shape index (κ3) is 5.51. The minimum absolute atomic E-state index is 0.106. The number of amides is 1. The molecule has 0 unspecified atom stereocenters. The van der Waals surface area contributed by atoms with E-state index in [9.17, 15) is 13.2 Å². The lowest BCUT2D eigenvalue weighted by atomic mass is 10.1. The molecular formula is C26H30N2O6S. The highest BCUT2D eigenvalue weighted by Gasteiger charge is 2.28. The van der Waals surface area contributed by atoms with Crippen molar-refractivity contribution >= 4 is 21.6 Å². The van der Waals surface area contributed by atoms with Gasteiger partial charge >= 0.3 is 0 Å². The number of sulfonamides is 1. The van der Waals surface area contributed by atoms with Crippen LogP contribution in [0.2, 0.25) is 0 Å². The molecule has 0 saturated heterocycles. The quantitative estimate of drug-likeness (QED) is 0.457. The average Bonchev–Trinajstić information content (AvgIpc) is 2.87. The predicted molar refractivity (Wildman–Crippen MR) is 135 cm³/mol. The van der Waals surface area contributed by atoms with Gasteiger partial charge in [0.1, 0.15) is 6.54 Å². The van der Waals surface area contributed by atoms with Gasteiger partial charge in [-0.15, -0.1) is 0 Å². The summed E-state index contributed by atoms with van der Waals surface area (Å²) in [5.41, 5.74) is 2.81. The summed E-state index contributed by atoms with van der Waals surface area (Å²) in [5, 5.41) is 2.80.